The van der Waals surface area contributed by atoms with Gasteiger partial charge < -0.3 is 25.4 Å². The normalized spacial score (nSPS) is 20.9. The first-order chi connectivity index (χ1) is 17.4. The summed E-state index contributed by atoms with van der Waals surface area (Å²) in [6.45, 7) is 7.60. The van der Waals surface area contributed by atoms with E-state index < -0.39 is 11.6 Å². The molecule has 2 aromatic heterocycles. The van der Waals surface area contributed by atoms with Crippen LogP contribution in [0.25, 0.3) is 0 Å². The molecule has 1 aromatic carbocycles. The summed E-state index contributed by atoms with van der Waals surface area (Å²) < 4.78 is 33.3. The summed E-state index contributed by atoms with van der Waals surface area (Å²) in [6.07, 6.45) is 5.56. The van der Waals surface area contributed by atoms with Crippen molar-refractivity contribution in [2.75, 3.05) is 47.8 Å². The molecule has 0 aliphatic carbocycles. The van der Waals surface area contributed by atoms with Crippen LogP contribution >= 0.6 is 0 Å². The number of nitrogens with two attached hydrogens (primary N) is 1. The molecule has 5 rings (SSSR count). The second-order valence-corrected chi connectivity index (χ2v) is 10.0. The molecule has 0 saturated carbocycles. The van der Waals surface area contributed by atoms with Crippen molar-refractivity contribution < 1.29 is 13.3 Å². The van der Waals surface area contributed by atoms with E-state index in [4.69, 9.17) is 10.3 Å². The van der Waals surface area contributed by atoms with Crippen LogP contribution in [0.15, 0.2) is 35.1 Å². The van der Waals surface area contributed by atoms with E-state index in [2.05, 4.69) is 30.3 Å². The fraction of sp³-hybridized carbons (Fsp3) is 0.520. The zero-order valence-corrected chi connectivity index (χ0v) is 20.6. The van der Waals surface area contributed by atoms with Crippen molar-refractivity contribution in [1.82, 2.24) is 20.1 Å². The summed E-state index contributed by atoms with van der Waals surface area (Å²) in [5.74, 6) is 0.808. The molecule has 11 heteroatoms. The lowest BCUT2D eigenvalue weighted by Gasteiger charge is -2.30. The van der Waals surface area contributed by atoms with E-state index in [0.717, 1.165) is 56.1 Å². The average molecular weight is 499 g/mol. The maximum Gasteiger partial charge on any atom is 0.324 e. The van der Waals surface area contributed by atoms with Crippen molar-refractivity contribution in [2.24, 2.45) is 11.7 Å². The van der Waals surface area contributed by atoms with Crippen LogP contribution in [0.3, 0.4) is 0 Å². The van der Waals surface area contributed by atoms with E-state index in [1.165, 1.54) is 6.07 Å². The van der Waals surface area contributed by atoms with Gasteiger partial charge >= 0.3 is 6.01 Å². The summed E-state index contributed by atoms with van der Waals surface area (Å²) in [7, 11) is 0. The van der Waals surface area contributed by atoms with E-state index >= 15 is 0 Å². The van der Waals surface area contributed by atoms with Gasteiger partial charge in [-0.2, -0.15) is 4.98 Å². The molecule has 0 unspecified atom stereocenters. The zero-order valence-electron chi connectivity index (χ0n) is 20.6. The molecule has 2 atom stereocenters. The maximum atomic E-state index is 14.3. The third-order valence-electron chi connectivity index (χ3n) is 7.07. The van der Waals surface area contributed by atoms with Crippen molar-refractivity contribution in [1.29, 1.82) is 0 Å². The molecule has 36 heavy (non-hydrogen) atoms. The van der Waals surface area contributed by atoms with Crippen LogP contribution < -0.4 is 20.9 Å². The molecule has 3 aromatic rings. The van der Waals surface area contributed by atoms with Crippen LogP contribution in [0.1, 0.15) is 49.9 Å². The van der Waals surface area contributed by atoms with Gasteiger partial charge in [0.2, 0.25) is 5.95 Å². The Morgan fingerprint density at radius 1 is 1.11 bits per heavy atom. The smallest absolute Gasteiger partial charge is 0.324 e. The quantitative estimate of drug-likeness (QED) is 0.506. The number of benzene rings is 1. The Labute approximate surface area is 209 Å². The number of nitrogens with one attached hydrogen (secondary N) is 1. The SMILES string of the molecule is CC(C)c1noc(N2CCC(CNc3cnc(N4C[C@H](c5cc(F)ccc5F)[C@@H](N)C4)nc3)CC2)n1. The molecule has 2 fully saturated rings. The lowest BCUT2D eigenvalue weighted by molar-refractivity contribution is 0.367. The van der Waals surface area contributed by atoms with Crippen LogP contribution in [0.2, 0.25) is 0 Å². The number of anilines is 3. The second kappa shape index (κ2) is 10.3. The number of halogens is 2. The molecule has 4 heterocycles. The van der Waals surface area contributed by atoms with Gasteiger partial charge in [-0.25, -0.2) is 18.7 Å². The maximum absolute atomic E-state index is 14.3. The van der Waals surface area contributed by atoms with Crippen LogP contribution in [0.5, 0.6) is 0 Å². The second-order valence-electron chi connectivity index (χ2n) is 10.0. The van der Waals surface area contributed by atoms with Gasteiger partial charge in [0.05, 0.1) is 18.1 Å². The highest BCUT2D eigenvalue weighted by atomic mass is 19.1. The summed E-state index contributed by atoms with van der Waals surface area (Å²) >= 11 is 0. The minimum atomic E-state index is -0.468. The first-order valence-corrected chi connectivity index (χ1v) is 12.5. The topological polar surface area (TPSA) is 109 Å². The molecule has 192 valence electrons. The summed E-state index contributed by atoms with van der Waals surface area (Å²) in [4.78, 5) is 17.5. The first-order valence-electron chi connectivity index (χ1n) is 12.5. The van der Waals surface area contributed by atoms with Crippen molar-refractivity contribution in [3.8, 4) is 0 Å². The highest BCUT2D eigenvalue weighted by Crippen LogP contribution is 2.31. The largest absolute Gasteiger partial charge is 0.382 e. The van der Waals surface area contributed by atoms with Gasteiger partial charge in [0.25, 0.3) is 0 Å². The number of piperidine rings is 1. The fourth-order valence-corrected chi connectivity index (χ4v) is 4.88. The third-order valence-corrected chi connectivity index (χ3v) is 7.07. The Kier molecular flexibility index (Phi) is 6.99. The van der Waals surface area contributed by atoms with Crippen molar-refractivity contribution in [3.63, 3.8) is 0 Å². The molecule has 0 radical (unpaired) electrons. The van der Waals surface area contributed by atoms with E-state index in [0.29, 0.717) is 36.5 Å². The summed E-state index contributed by atoms with van der Waals surface area (Å²) in [5.41, 5.74) is 7.41. The van der Waals surface area contributed by atoms with Crippen LogP contribution in [-0.4, -0.2) is 58.9 Å². The predicted molar refractivity (Wildman–Crippen MR) is 133 cm³/mol. The van der Waals surface area contributed by atoms with E-state index in [9.17, 15) is 8.78 Å². The third kappa shape index (κ3) is 5.25. The number of hydrogen-bond donors (Lipinski definition) is 2. The van der Waals surface area contributed by atoms with Gasteiger partial charge in [-0.1, -0.05) is 19.0 Å². The molecular formula is C25H32F2N8O. The number of rotatable bonds is 7. The number of aromatic nitrogens is 4. The minimum Gasteiger partial charge on any atom is -0.382 e. The lowest BCUT2D eigenvalue weighted by atomic mass is 9.94. The molecule has 0 spiro atoms. The molecule has 2 saturated heterocycles. The Hall–Kier alpha value is -3.34. The number of hydrogen-bond acceptors (Lipinski definition) is 9. The zero-order chi connectivity index (χ0) is 25.2. The fourth-order valence-electron chi connectivity index (χ4n) is 4.88. The van der Waals surface area contributed by atoms with E-state index in [1.807, 2.05) is 18.7 Å². The Balaban J connectivity index is 1.11. The highest BCUT2D eigenvalue weighted by Gasteiger charge is 2.34. The van der Waals surface area contributed by atoms with Gasteiger partial charge in [0.15, 0.2) is 5.82 Å². The van der Waals surface area contributed by atoms with Gasteiger partial charge in [0.1, 0.15) is 11.6 Å². The van der Waals surface area contributed by atoms with E-state index in [1.54, 1.807) is 12.4 Å². The molecule has 3 N–H and O–H groups in total. The molecule has 0 bridgehead atoms. The Morgan fingerprint density at radius 2 is 1.86 bits per heavy atom. The lowest BCUT2D eigenvalue weighted by Crippen LogP contribution is -2.36. The molecule has 2 aliphatic heterocycles. The summed E-state index contributed by atoms with van der Waals surface area (Å²) in [6, 6.07) is 3.77. The average Bonchev–Trinajstić information content (AvgIpc) is 3.52. The standard InChI is InChI=1S/C25H32F2N8O/c1-15(2)23-32-25(36-33-23)34-7-5-16(6-8-34)10-29-18-11-30-24(31-12-18)35-13-20(22(28)14-35)19-9-17(26)3-4-21(19)27/h3-4,9,11-12,15-16,20,22,29H,5-8,10,13-14,28H2,1-2H3/t20-,22+/m1/s1. The molecule has 9 nitrogen and oxygen atoms in total. The van der Waals surface area contributed by atoms with Crippen molar-refractivity contribution in [3.05, 3.63) is 53.6 Å². The molecule has 2 aliphatic rings. The van der Waals surface area contributed by atoms with Crippen molar-refractivity contribution >= 4 is 17.7 Å². The van der Waals surface area contributed by atoms with Crippen LogP contribution in [0.4, 0.5) is 26.4 Å². The first kappa shape index (κ1) is 24.4. The van der Waals surface area contributed by atoms with Gasteiger partial charge in [-0.05, 0) is 42.5 Å². The van der Waals surface area contributed by atoms with Gasteiger partial charge in [0, 0.05) is 50.6 Å². The molecule has 0 amide bonds. The molecular weight excluding hydrogens is 466 g/mol. The van der Waals surface area contributed by atoms with Crippen LogP contribution in [-0.2, 0) is 0 Å². The monoisotopic (exact) mass is 498 g/mol. The van der Waals surface area contributed by atoms with Crippen LogP contribution in [0, 0.1) is 17.6 Å². The predicted octanol–water partition coefficient (Wildman–Crippen LogP) is 3.52. The van der Waals surface area contributed by atoms with E-state index in [-0.39, 0.29) is 17.9 Å². The van der Waals surface area contributed by atoms with Crippen molar-refractivity contribution in [2.45, 2.75) is 44.6 Å². The minimum absolute atomic E-state index is 0.248. The van der Waals surface area contributed by atoms with Gasteiger partial charge in [-0.15, -0.1) is 0 Å². The highest BCUT2D eigenvalue weighted by molar-refractivity contribution is 5.44. The Bertz CT molecular complexity index is 1160. The summed E-state index contributed by atoms with van der Waals surface area (Å²) in [5, 5.41) is 7.49. The Morgan fingerprint density at radius 3 is 2.56 bits per heavy atom. The number of nitrogens with zero attached hydrogens (tertiary/aromatic N) is 6. The van der Waals surface area contributed by atoms with Gasteiger partial charge in [-0.3, -0.25) is 0 Å².